The topological polar surface area (TPSA) is 147 Å². The Kier molecular flexibility index (Phi) is 9.30. The molecule has 2 aromatic heterocycles. The van der Waals surface area contributed by atoms with Crippen LogP contribution in [0.3, 0.4) is 0 Å². The average molecular weight is 587 g/mol. The van der Waals surface area contributed by atoms with Crippen LogP contribution in [0, 0.1) is 0 Å². The number of anilines is 1. The first kappa shape index (κ1) is 28.2. The minimum Gasteiger partial charge on any atom is -0.453 e. The lowest BCUT2D eigenvalue weighted by atomic mass is 10.0. The molecular formula is C26H26N4O6S3. The van der Waals surface area contributed by atoms with E-state index in [1.165, 1.54) is 30.6 Å². The molecule has 0 aliphatic rings. The minimum atomic E-state index is -4.40. The molecule has 1 unspecified atom stereocenters. The van der Waals surface area contributed by atoms with Gasteiger partial charge in [-0.2, -0.15) is 8.42 Å². The summed E-state index contributed by atoms with van der Waals surface area (Å²) in [6.45, 7) is 0. The fourth-order valence-corrected chi connectivity index (χ4v) is 5.94. The van der Waals surface area contributed by atoms with Crippen LogP contribution in [0.15, 0.2) is 77.5 Å². The van der Waals surface area contributed by atoms with Crippen LogP contribution in [0.5, 0.6) is 0 Å². The number of thiazole rings is 1. The number of carbonyl (C=O) groups is 2. The van der Waals surface area contributed by atoms with E-state index in [2.05, 4.69) is 10.6 Å². The summed E-state index contributed by atoms with van der Waals surface area (Å²) in [5, 5.41) is 10.3. The smallest absolute Gasteiger partial charge is 0.407 e. The van der Waals surface area contributed by atoms with E-state index < -0.39 is 34.4 Å². The Hall–Kier alpha value is -3.78. The third-order valence-corrected chi connectivity index (χ3v) is 8.04. The Bertz CT molecular complexity index is 1490. The molecule has 0 spiro atoms. The largest absolute Gasteiger partial charge is 0.453 e. The molecule has 2 aromatic carbocycles. The van der Waals surface area contributed by atoms with E-state index in [4.69, 9.17) is 14.3 Å². The standard InChI is InChI=1S/C26H26N4O6S3/c1-36-26(32)29-21(15-17-6-3-2-4-7-17)24(31)27-20(22-16-38-25(28-22)23-8-5-13-37-23)14-18-9-11-19(12-10-18)30-39(33,34)35/h2-13,16,20-21,30H,14-15H2,1H3,(H,27,31)(H,29,32)(H,33,34,35)/t20-,21?/m0/s1. The predicted molar refractivity (Wildman–Crippen MR) is 151 cm³/mol. The van der Waals surface area contributed by atoms with Gasteiger partial charge in [0.15, 0.2) is 0 Å². The molecule has 0 bridgehead atoms. The SMILES string of the molecule is COC(=O)NC(Cc1ccccc1)C(=O)N[C@@H](Cc1ccc(NS(=O)(=O)O)cc1)c1csc(-c2cccs2)n1. The van der Waals surface area contributed by atoms with E-state index in [0.29, 0.717) is 12.1 Å². The van der Waals surface area contributed by atoms with Crippen LogP contribution < -0.4 is 15.4 Å². The molecule has 0 saturated carbocycles. The lowest BCUT2D eigenvalue weighted by molar-refractivity contribution is -0.123. The molecule has 13 heteroatoms. The second kappa shape index (κ2) is 12.8. The third kappa shape index (κ3) is 8.35. The number of amides is 2. The first-order valence-corrected chi connectivity index (χ1v) is 14.9. The number of hydrogen-bond donors (Lipinski definition) is 4. The molecule has 0 fully saturated rings. The first-order chi connectivity index (χ1) is 18.7. The molecule has 2 atom stereocenters. The number of ether oxygens (including phenoxy) is 1. The van der Waals surface area contributed by atoms with E-state index >= 15 is 0 Å². The summed E-state index contributed by atoms with van der Waals surface area (Å²) in [5.74, 6) is -0.412. The van der Waals surface area contributed by atoms with Crippen molar-refractivity contribution < 1.29 is 27.3 Å². The van der Waals surface area contributed by atoms with Crippen LogP contribution in [-0.4, -0.2) is 43.1 Å². The van der Waals surface area contributed by atoms with Crippen molar-refractivity contribution >= 4 is 50.7 Å². The zero-order chi connectivity index (χ0) is 27.8. The van der Waals surface area contributed by atoms with Crippen molar-refractivity contribution in [1.29, 1.82) is 0 Å². The Labute approximate surface area is 234 Å². The van der Waals surface area contributed by atoms with Crippen molar-refractivity contribution in [3.63, 3.8) is 0 Å². The molecule has 4 N–H and O–H groups in total. The van der Waals surface area contributed by atoms with Crippen LogP contribution in [-0.2, 0) is 32.7 Å². The van der Waals surface area contributed by atoms with E-state index in [0.717, 1.165) is 21.0 Å². The fourth-order valence-electron chi connectivity index (χ4n) is 3.82. The Morgan fingerprint density at radius 1 is 0.949 bits per heavy atom. The summed E-state index contributed by atoms with van der Waals surface area (Å²) in [6.07, 6.45) is -0.137. The van der Waals surface area contributed by atoms with Gasteiger partial charge in [-0.05, 0) is 41.1 Å². The van der Waals surface area contributed by atoms with Gasteiger partial charge in [-0.25, -0.2) is 9.78 Å². The van der Waals surface area contributed by atoms with Crippen LogP contribution in [0.2, 0.25) is 0 Å². The minimum absolute atomic E-state index is 0.195. The van der Waals surface area contributed by atoms with Crippen LogP contribution in [0.1, 0.15) is 22.9 Å². The maximum atomic E-state index is 13.5. The molecule has 0 aliphatic carbocycles. The second-order valence-corrected chi connectivity index (χ2v) is 11.4. The van der Waals surface area contributed by atoms with Gasteiger partial charge in [0.25, 0.3) is 0 Å². The quantitative estimate of drug-likeness (QED) is 0.190. The zero-order valence-electron chi connectivity index (χ0n) is 20.7. The summed E-state index contributed by atoms with van der Waals surface area (Å²) in [6, 6.07) is 18.2. The number of nitrogens with zero attached hydrogens (tertiary/aromatic N) is 1. The number of nitrogens with one attached hydrogen (secondary N) is 3. The number of benzene rings is 2. The van der Waals surface area contributed by atoms with Gasteiger partial charge < -0.3 is 15.4 Å². The van der Waals surface area contributed by atoms with Gasteiger partial charge in [-0.15, -0.1) is 22.7 Å². The van der Waals surface area contributed by atoms with Crippen LogP contribution >= 0.6 is 22.7 Å². The van der Waals surface area contributed by atoms with Gasteiger partial charge in [0, 0.05) is 11.8 Å². The molecule has 39 heavy (non-hydrogen) atoms. The molecule has 10 nitrogen and oxygen atoms in total. The molecule has 204 valence electrons. The van der Waals surface area contributed by atoms with Gasteiger partial charge in [-0.1, -0.05) is 48.5 Å². The number of aromatic nitrogens is 1. The predicted octanol–water partition coefficient (Wildman–Crippen LogP) is 4.45. The highest BCUT2D eigenvalue weighted by Gasteiger charge is 2.26. The number of thiophene rings is 1. The van der Waals surface area contributed by atoms with Gasteiger partial charge in [0.2, 0.25) is 5.91 Å². The summed E-state index contributed by atoms with van der Waals surface area (Å²) >= 11 is 3.02. The molecular weight excluding hydrogens is 561 g/mol. The highest BCUT2D eigenvalue weighted by molar-refractivity contribution is 7.87. The second-order valence-electron chi connectivity index (χ2n) is 8.47. The van der Waals surface area contributed by atoms with E-state index in [-0.39, 0.29) is 12.1 Å². The number of carbonyl (C=O) groups excluding carboxylic acids is 2. The Morgan fingerprint density at radius 2 is 1.67 bits per heavy atom. The summed E-state index contributed by atoms with van der Waals surface area (Å²) < 4.78 is 38.0. The van der Waals surface area contributed by atoms with E-state index in [1.807, 2.05) is 57.9 Å². The van der Waals surface area contributed by atoms with E-state index in [9.17, 15) is 18.0 Å². The van der Waals surface area contributed by atoms with Crippen LogP contribution in [0.4, 0.5) is 10.5 Å². The molecule has 2 amide bonds. The summed E-state index contributed by atoms with van der Waals surface area (Å²) in [7, 11) is -3.16. The van der Waals surface area contributed by atoms with Crippen molar-refractivity contribution in [1.82, 2.24) is 15.6 Å². The molecule has 0 saturated heterocycles. The van der Waals surface area contributed by atoms with Crippen molar-refractivity contribution in [2.24, 2.45) is 0 Å². The molecule has 4 rings (SSSR count). The number of hydrogen-bond acceptors (Lipinski definition) is 8. The lowest BCUT2D eigenvalue weighted by Crippen LogP contribution is -2.49. The fraction of sp³-hybridized carbons (Fsp3) is 0.192. The van der Waals surface area contributed by atoms with Crippen molar-refractivity contribution in [2.45, 2.75) is 24.9 Å². The van der Waals surface area contributed by atoms with Crippen LogP contribution in [0.25, 0.3) is 9.88 Å². The zero-order valence-corrected chi connectivity index (χ0v) is 23.2. The van der Waals surface area contributed by atoms with Gasteiger partial charge >= 0.3 is 16.4 Å². The molecule has 4 aromatic rings. The highest BCUT2D eigenvalue weighted by atomic mass is 32.2. The first-order valence-electron chi connectivity index (χ1n) is 11.7. The Morgan fingerprint density at radius 3 is 2.31 bits per heavy atom. The van der Waals surface area contributed by atoms with Crippen molar-refractivity contribution in [3.05, 3.63) is 94.3 Å². The number of rotatable bonds is 11. The summed E-state index contributed by atoms with van der Waals surface area (Å²) in [5.41, 5.74) is 2.49. The Balaban J connectivity index is 1.59. The van der Waals surface area contributed by atoms with Gasteiger partial charge in [-0.3, -0.25) is 14.1 Å². The number of methoxy groups -OCH3 is 1. The number of alkyl carbamates (subject to hydrolysis) is 1. The van der Waals surface area contributed by atoms with Gasteiger partial charge in [0.05, 0.1) is 29.4 Å². The van der Waals surface area contributed by atoms with E-state index in [1.54, 1.807) is 23.5 Å². The van der Waals surface area contributed by atoms with Gasteiger partial charge in [0.1, 0.15) is 11.0 Å². The maximum absolute atomic E-state index is 13.5. The maximum Gasteiger partial charge on any atom is 0.407 e. The molecule has 0 radical (unpaired) electrons. The third-order valence-electron chi connectivity index (χ3n) is 5.64. The summed E-state index contributed by atoms with van der Waals surface area (Å²) in [4.78, 5) is 31.3. The lowest BCUT2D eigenvalue weighted by Gasteiger charge is -2.23. The molecule has 2 heterocycles. The molecule has 0 aliphatic heterocycles. The monoisotopic (exact) mass is 586 g/mol. The average Bonchev–Trinajstić information content (AvgIpc) is 3.61. The van der Waals surface area contributed by atoms with Crippen molar-refractivity contribution in [3.8, 4) is 9.88 Å². The van der Waals surface area contributed by atoms with Crippen molar-refractivity contribution in [2.75, 3.05) is 11.8 Å². The normalized spacial score (nSPS) is 12.8. The highest BCUT2D eigenvalue weighted by Crippen LogP contribution is 2.31.